The van der Waals surface area contributed by atoms with Gasteiger partial charge < -0.3 is 0 Å². The van der Waals surface area contributed by atoms with Crippen LogP contribution in [0.15, 0.2) is 0 Å². The van der Waals surface area contributed by atoms with Gasteiger partial charge in [-0.05, 0) is 4.57 Å². The quantitative estimate of drug-likeness (QED) is 0.485. The van der Waals surface area contributed by atoms with Crippen molar-refractivity contribution >= 4 is 18.5 Å². The Labute approximate surface area is 41.3 Å². The SMILES string of the molecule is O=[P+]1NCCS1. The Balaban J connectivity index is 2.37. The highest BCUT2D eigenvalue weighted by atomic mass is 32.7. The number of rotatable bonds is 0. The third kappa shape index (κ3) is 0.934. The molecule has 1 unspecified atom stereocenters. The van der Waals surface area contributed by atoms with Crippen molar-refractivity contribution in [2.45, 2.75) is 0 Å². The summed E-state index contributed by atoms with van der Waals surface area (Å²) in [5.41, 5.74) is 0. The van der Waals surface area contributed by atoms with Crippen molar-refractivity contribution in [2.75, 3.05) is 12.3 Å². The Morgan fingerprint density at radius 1 is 1.83 bits per heavy atom. The van der Waals surface area contributed by atoms with Crippen molar-refractivity contribution in [1.29, 1.82) is 0 Å². The molecule has 0 radical (unpaired) electrons. The molecule has 1 N–H and O–H groups in total. The minimum atomic E-state index is -1.05. The molecule has 0 aliphatic carbocycles. The Kier molecular flexibility index (Phi) is 1.46. The first-order chi connectivity index (χ1) is 2.89. The minimum absolute atomic E-state index is 0.917. The molecule has 0 aromatic rings. The maximum atomic E-state index is 10.2. The zero-order valence-corrected chi connectivity index (χ0v) is 4.89. The van der Waals surface area contributed by atoms with E-state index in [1.165, 1.54) is 11.4 Å². The highest BCUT2D eigenvalue weighted by Crippen LogP contribution is 2.37. The van der Waals surface area contributed by atoms with Crippen LogP contribution in [0.4, 0.5) is 0 Å². The second-order valence-electron chi connectivity index (χ2n) is 0.998. The van der Waals surface area contributed by atoms with Crippen molar-refractivity contribution in [3.05, 3.63) is 0 Å². The maximum Gasteiger partial charge on any atom is 0.507 e. The largest absolute Gasteiger partial charge is 0.507 e. The van der Waals surface area contributed by atoms with E-state index in [9.17, 15) is 4.57 Å². The summed E-state index contributed by atoms with van der Waals surface area (Å²) in [4.78, 5) is 0. The van der Waals surface area contributed by atoms with Crippen molar-refractivity contribution in [1.82, 2.24) is 5.09 Å². The predicted octanol–water partition coefficient (Wildman–Crippen LogP) is 0.980. The average Bonchev–Trinajstić information content (AvgIpc) is 1.86. The van der Waals surface area contributed by atoms with E-state index in [1.54, 1.807) is 0 Å². The molecule has 1 heterocycles. The van der Waals surface area contributed by atoms with Crippen molar-refractivity contribution in [3.63, 3.8) is 0 Å². The van der Waals surface area contributed by atoms with E-state index in [4.69, 9.17) is 0 Å². The normalized spacial score (nSPS) is 28.3. The Morgan fingerprint density at radius 2 is 2.67 bits per heavy atom. The highest BCUT2D eigenvalue weighted by Gasteiger charge is 2.23. The lowest BCUT2D eigenvalue weighted by atomic mass is 10.8. The fraction of sp³-hybridized carbons (Fsp3) is 1.00. The Bertz CT molecular complexity index is 67.9. The molecule has 1 aliphatic heterocycles. The van der Waals surface area contributed by atoms with E-state index >= 15 is 0 Å². The Hall–Kier alpha value is 0.410. The van der Waals surface area contributed by atoms with Gasteiger partial charge in [0.1, 0.15) is 11.4 Å². The van der Waals surface area contributed by atoms with Gasteiger partial charge in [-0.25, -0.2) is 0 Å². The fourth-order valence-electron chi connectivity index (χ4n) is 0.311. The first-order valence-corrected chi connectivity index (χ1v) is 4.58. The van der Waals surface area contributed by atoms with Gasteiger partial charge in [-0.1, -0.05) is 5.09 Å². The molecule has 1 atom stereocenters. The van der Waals surface area contributed by atoms with Crippen LogP contribution in [0.2, 0.25) is 0 Å². The van der Waals surface area contributed by atoms with Crippen molar-refractivity contribution in [2.24, 2.45) is 0 Å². The first-order valence-electron chi connectivity index (χ1n) is 1.73. The van der Waals surface area contributed by atoms with Crippen LogP contribution in [0.3, 0.4) is 0 Å². The standard InChI is InChI=1S/C2H5NOPS/c4-5-3-1-2-6-5/h1-2H2,(H,3,4)/q+1. The van der Waals surface area contributed by atoms with E-state index in [0.717, 1.165) is 12.3 Å². The summed E-state index contributed by atoms with van der Waals surface area (Å²) in [7, 11) is -1.05. The van der Waals surface area contributed by atoms with Gasteiger partial charge in [0.2, 0.25) is 0 Å². The van der Waals surface area contributed by atoms with Crippen LogP contribution in [0.5, 0.6) is 0 Å². The smallest absolute Gasteiger partial charge is 0.0972 e. The number of hydrogen-bond acceptors (Lipinski definition) is 2. The summed E-state index contributed by atoms with van der Waals surface area (Å²) in [5.74, 6) is 1.01. The van der Waals surface area contributed by atoms with Gasteiger partial charge in [-0.15, -0.1) is 0 Å². The maximum absolute atomic E-state index is 10.2. The van der Waals surface area contributed by atoms with Crippen LogP contribution in [0.25, 0.3) is 0 Å². The molecule has 1 aliphatic rings. The number of nitrogens with one attached hydrogen (secondary N) is 1. The molecule has 6 heavy (non-hydrogen) atoms. The van der Waals surface area contributed by atoms with Gasteiger partial charge >= 0.3 is 7.15 Å². The molecule has 0 aromatic carbocycles. The molecule has 0 bridgehead atoms. The molecule has 1 fully saturated rings. The number of hydrogen-bond donors (Lipinski definition) is 1. The van der Waals surface area contributed by atoms with Crippen LogP contribution >= 0.6 is 18.5 Å². The van der Waals surface area contributed by atoms with Gasteiger partial charge in [-0.2, -0.15) is 0 Å². The van der Waals surface area contributed by atoms with Crippen molar-refractivity contribution in [3.8, 4) is 0 Å². The summed E-state index contributed by atoms with van der Waals surface area (Å²) in [6.07, 6.45) is 0. The molecular weight excluding hydrogens is 117 g/mol. The van der Waals surface area contributed by atoms with Crippen LogP contribution < -0.4 is 5.09 Å². The summed E-state index contributed by atoms with van der Waals surface area (Å²) in [6.45, 7) is 0.917. The monoisotopic (exact) mass is 122 g/mol. The molecule has 0 spiro atoms. The third-order valence-electron chi connectivity index (χ3n) is 0.552. The Morgan fingerprint density at radius 3 is 2.83 bits per heavy atom. The van der Waals surface area contributed by atoms with Crippen molar-refractivity contribution < 1.29 is 4.57 Å². The van der Waals surface area contributed by atoms with Crippen LogP contribution in [0, 0.1) is 0 Å². The first kappa shape index (κ1) is 4.57. The fourth-order valence-corrected chi connectivity index (χ4v) is 2.53. The van der Waals surface area contributed by atoms with Gasteiger partial charge in [0, 0.05) is 0 Å². The lowest BCUT2D eigenvalue weighted by Crippen LogP contribution is -1.95. The van der Waals surface area contributed by atoms with E-state index in [0.29, 0.717) is 0 Å². The summed E-state index contributed by atoms with van der Waals surface area (Å²) < 4.78 is 10.2. The molecule has 34 valence electrons. The second-order valence-corrected chi connectivity index (χ2v) is 4.26. The molecule has 0 aromatic heterocycles. The van der Waals surface area contributed by atoms with E-state index in [1.807, 2.05) is 0 Å². The minimum Gasteiger partial charge on any atom is -0.0972 e. The zero-order valence-electron chi connectivity index (χ0n) is 3.18. The van der Waals surface area contributed by atoms with Gasteiger partial charge in [0.05, 0.1) is 12.3 Å². The van der Waals surface area contributed by atoms with Gasteiger partial charge in [0.25, 0.3) is 0 Å². The third-order valence-corrected chi connectivity index (χ3v) is 3.29. The zero-order chi connectivity index (χ0) is 4.41. The molecule has 0 saturated carbocycles. The summed E-state index contributed by atoms with van der Waals surface area (Å²) >= 11 is 1.50. The van der Waals surface area contributed by atoms with Crippen LogP contribution in [-0.2, 0) is 4.57 Å². The average molecular weight is 122 g/mol. The van der Waals surface area contributed by atoms with Crippen LogP contribution in [-0.4, -0.2) is 12.3 Å². The highest BCUT2D eigenvalue weighted by molar-refractivity contribution is 8.51. The molecular formula is C2H5NOPS+. The summed E-state index contributed by atoms with van der Waals surface area (Å²) in [6, 6.07) is 0. The van der Waals surface area contributed by atoms with E-state index in [2.05, 4.69) is 5.09 Å². The van der Waals surface area contributed by atoms with E-state index in [-0.39, 0.29) is 0 Å². The second kappa shape index (κ2) is 1.92. The lowest BCUT2D eigenvalue weighted by Gasteiger charge is -1.60. The molecule has 4 heteroatoms. The topological polar surface area (TPSA) is 29.1 Å². The predicted molar refractivity (Wildman–Crippen MR) is 28.1 cm³/mol. The summed E-state index contributed by atoms with van der Waals surface area (Å²) in [5, 5.41) is 2.79. The van der Waals surface area contributed by atoms with E-state index < -0.39 is 7.15 Å². The van der Waals surface area contributed by atoms with Crippen LogP contribution in [0.1, 0.15) is 0 Å². The molecule has 2 nitrogen and oxygen atoms in total. The van der Waals surface area contributed by atoms with Gasteiger partial charge in [0.15, 0.2) is 0 Å². The lowest BCUT2D eigenvalue weighted by molar-refractivity contribution is 0.591. The molecule has 1 saturated heterocycles. The molecule has 1 rings (SSSR count). The van der Waals surface area contributed by atoms with Gasteiger partial charge in [-0.3, -0.25) is 0 Å². The molecule has 0 amide bonds.